The highest BCUT2D eigenvalue weighted by Gasteiger charge is 2.08. The van der Waals surface area contributed by atoms with Crippen LogP contribution in [0.4, 0.5) is 0 Å². The molecule has 124 valence electrons. The van der Waals surface area contributed by atoms with Gasteiger partial charge in [0.2, 0.25) is 0 Å². The van der Waals surface area contributed by atoms with E-state index in [0.29, 0.717) is 28.3 Å². The van der Waals surface area contributed by atoms with Crippen LogP contribution in [0.2, 0.25) is 5.02 Å². The lowest BCUT2D eigenvalue weighted by Gasteiger charge is -2.08. The number of nitrogens with one attached hydrogen (secondary N) is 1. The maximum Gasteiger partial charge on any atom is 0.254 e. The first-order chi connectivity index (χ1) is 11.1. The van der Waals surface area contributed by atoms with Gasteiger partial charge in [-0.3, -0.25) is 4.79 Å². The molecule has 0 saturated carbocycles. The molecule has 0 unspecified atom stereocenters. The molecule has 0 radical (unpaired) electrons. The van der Waals surface area contributed by atoms with Gasteiger partial charge in [-0.2, -0.15) is 0 Å². The maximum absolute atomic E-state index is 12.1. The highest BCUT2D eigenvalue weighted by Crippen LogP contribution is 2.23. The van der Waals surface area contributed by atoms with E-state index in [1.807, 2.05) is 25.1 Å². The fourth-order valence-corrected chi connectivity index (χ4v) is 3.07. The van der Waals surface area contributed by atoms with E-state index < -0.39 is 0 Å². The second-order valence-corrected chi connectivity index (χ2v) is 6.66. The predicted molar refractivity (Wildman–Crippen MR) is 95.9 cm³/mol. The number of benzene rings is 1. The molecule has 0 saturated heterocycles. The van der Waals surface area contributed by atoms with Crippen LogP contribution in [0, 0.1) is 6.92 Å². The molecular weight excluding hydrogens is 332 g/mol. The largest absolute Gasteiger partial charge is 0.491 e. The number of H-pyrrole nitrogens is 1. The van der Waals surface area contributed by atoms with Crippen molar-refractivity contribution in [3.63, 3.8) is 0 Å². The molecule has 0 bridgehead atoms. The fourth-order valence-electron chi connectivity index (χ4n) is 2.15. The highest BCUT2D eigenvalue weighted by molar-refractivity contribution is 7.99. The summed E-state index contributed by atoms with van der Waals surface area (Å²) in [6.45, 7) is 4.50. The second-order valence-electron chi connectivity index (χ2n) is 5.17. The lowest BCUT2D eigenvalue weighted by atomic mass is 10.1. The summed E-state index contributed by atoms with van der Waals surface area (Å²) in [5.74, 6) is 1.35. The third-order valence-corrected chi connectivity index (χ3v) is 4.55. The summed E-state index contributed by atoms with van der Waals surface area (Å²) in [7, 11) is 0. The first-order valence-corrected chi connectivity index (χ1v) is 9.08. The van der Waals surface area contributed by atoms with Crippen LogP contribution in [0.15, 0.2) is 34.2 Å². The van der Waals surface area contributed by atoms with Crippen LogP contribution in [0.1, 0.15) is 31.0 Å². The molecule has 0 aliphatic rings. The number of aromatic nitrogens is 2. The number of hydrogen-bond donors (Lipinski definition) is 1. The van der Waals surface area contributed by atoms with Gasteiger partial charge in [0, 0.05) is 17.0 Å². The van der Waals surface area contributed by atoms with E-state index in [1.165, 1.54) is 11.8 Å². The minimum absolute atomic E-state index is 0.0273. The number of halogens is 1. The summed E-state index contributed by atoms with van der Waals surface area (Å²) < 4.78 is 5.62. The van der Waals surface area contributed by atoms with E-state index in [-0.39, 0.29) is 5.56 Å². The van der Waals surface area contributed by atoms with Gasteiger partial charge in [0.25, 0.3) is 5.56 Å². The number of hydrogen-bond acceptors (Lipinski definition) is 4. The van der Waals surface area contributed by atoms with Crippen LogP contribution >= 0.6 is 23.4 Å². The van der Waals surface area contributed by atoms with E-state index in [1.54, 1.807) is 6.07 Å². The van der Waals surface area contributed by atoms with Crippen molar-refractivity contribution >= 4 is 23.4 Å². The molecule has 1 heterocycles. The minimum atomic E-state index is -0.0273. The molecule has 2 rings (SSSR count). The van der Waals surface area contributed by atoms with E-state index in [4.69, 9.17) is 16.3 Å². The maximum atomic E-state index is 12.1. The average Bonchev–Trinajstić information content (AvgIpc) is 2.52. The number of thioether (sulfide) groups is 1. The molecule has 0 aliphatic heterocycles. The Balaban J connectivity index is 1.89. The van der Waals surface area contributed by atoms with Crippen molar-refractivity contribution in [3.8, 4) is 5.75 Å². The molecule has 6 heteroatoms. The van der Waals surface area contributed by atoms with Crippen molar-refractivity contribution in [2.75, 3.05) is 12.4 Å². The predicted octanol–water partition coefficient (Wildman–Crippen LogP) is 4.25. The van der Waals surface area contributed by atoms with Gasteiger partial charge in [0.05, 0.1) is 11.6 Å². The molecule has 23 heavy (non-hydrogen) atoms. The van der Waals surface area contributed by atoms with Crippen molar-refractivity contribution in [3.05, 3.63) is 50.9 Å². The van der Waals surface area contributed by atoms with Crippen molar-refractivity contribution in [2.45, 2.75) is 38.3 Å². The number of rotatable bonds is 8. The van der Waals surface area contributed by atoms with Gasteiger partial charge in [-0.05, 0) is 31.9 Å². The van der Waals surface area contributed by atoms with Crippen LogP contribution in [-0.2, 0) is 6.42 Å². The highest BCUT2D eigenvalue weighted by atomic mass is 35.5. The van der Waals surface area contributed by atoms with Crippen LogP contribution in [0.25, 0.3) is 0 Å². The van der Waals surface area contributed by atoms with E-state index in [2.05, 4.69) is 16.9 Å². The van der Waals surface area contributed by atoms with E-state index >= 15 is 0 Å². The molecule has 0 spiro atoms. The van der Waals surface area contributed by atoms with Gasteiger partial charge < -0.3 is 9.72 Å². The van der Waals surface area contributed by atoms with Crippen molar-refractivity contribution in [1.29, 1.82) is 0 Å². The third-order valence-electron chi connectivity index (χ3n) is 3.40. The summed E-state index contributed by atoms with van der Waals surface area (Å²) in [5, 5.41) is 1.23. The zero-order valence-corrected chi connectivity index (χ0v) is 15.0. The Morgan fingerprint density at radius 1 is 1.35 bits per heavy atom. The molecule has 4 nitrogen and oxygen atoms in total. The van der Waals surface area contributed by atoms with Crippen molar-refractivity contribution in [1.82, 2.24) is 9.97 Å². The van der Waals surface area contributed by atoms with Crippen LogP contribution in [-0.4, -0.2) is 22.3 Å². The Morgan fingerprint density at radius 3 is 2.83 bits per heavy atom. The van der Waals surface area contributed by atoms with Gasteiger partial charge in [0.1, 0.15) is 5.75 Å². The Hall–Kier alpha value is -1.46. The number of unbranched alkanes of at least 4 members (excludes halogenated alkanes) is 1. The smallest absolute Gasteiger partial charge is 0.254 e. The standard InChI is InChI=1S/C17H21ClN2O2S/c1-3-4-7-13-12(2)19-17(20-16(13)21)23-11-10-22-15-9-6-5-8-14(15)18/h5-6,8-9H,3-4,7,10-11H2,1-2H3,(H,19,20,21). The van der Waals surface area contributed by atoms with Gasteiger partial charge in [-0.1, -0.05) is 48.8 Å². The lowest BCUT2D eigenvalue weighted by Crippen LogP contribution is -2.17. The Kier molecular flexibility index (Phi) is 6.99. The van der Waals surface area contributed by atoms with E-state index in [9.17, 15) is 4.79 Å². The number of nitrogens with zero attached hydrogens (tertiary/aromatic N) is 1. The zero-order valence-electron chi connectivity index (χ0n) is 13.4. The molecule has 1 aromatic carbocycles. The first-order valence-electron chi connectivity index (χ1n) is 7.71. The van der Waals surface area contributed by atoms with Gasteiger partial charge in [0.15, 0.2) is 5.16 Å². The summed E-state index contributed by atoms with van der Waals surface area (Å²) in [6.07, 6.45) is 2.85. The number of aryl methyl sites for hydroxylation is 1. The van der Waals surface area contributed by atoms with Crippen LogP contribution < -0.4 is 10.3 Å². The number of aromatic amines is 1. The Labute approximate surface area is 145 Å². The lowest BCUT2D eigenvalue weighted by molar-refractivity contribution is 0.344. The topological polar surface area (TPSA) is 55.0 Å². The third kappa shape index (κ3) is 5.29. The normalized spacial score (nSPS) is 10.7. The van der Waals surface area contributed by atoms with Crippen LogP contribution in [0.3, 0.4) is 0 Å². The second kappa shape index (κ2) is 8.99. The SMILES string of the molecule is CCCCc1c(C)nc(SCCOc2ccccc2Cl)[nH]c1=O. The first kappa shape index (κ1) is 17.9. The Bertz CT molecular complexity index is 703. The molecule has 2 aromatic rings. The van der Waals surface area contributed by atoms with Crippen LogP contribution in [0.5, 0.6) is 5.75 Å². The van der Waals surface area contributed by atoms with Gasteiger partial charge >= 0.3 is 0 Å². The molecule has 0 amide bonds. The van der Waals surface area contributed by atoms with Gasteiger partial charge in [-0.15, -0.1) is 0 Å². The summed E-state index contributed by atoms with van der Waals surface area (Å²) >= 11 is 7.50. The fraction of sp³-hybridized carbons (Fsp3) is 0.412. The quantitative estimate of drug-likeness (QED) is 0.438. The average molecular weight is 353 g/mol. The summed E-state index contributed by atoms with van der Waals surface area (Å²) in [6, 6.07) is 7.37. The minimum Gasteiger partial charge on any atom is -0.491 e. The van der Waals surface area contributed by atoms with Crippen molar-refractivity contribution < 1.29 is 4.74 Å². The summed E-state index contributed by atoms with van der Waals surface area (Å²) in [5.41, 5.74) is 1.58. The molecule has 0 fully saturated rings. The number of ether oxygens (including phenoxy) is 1. The summed E-state index contributed by atoms with van der Waals surface area (Å²) in [4.78, 5) is 19.4. The molecule has 0 aliphatic carbocycles. The van der Waals surface area contributed by atoms with Gasteiger partial charge in [-0.25, -0.2) is 4.98 Å². The van der Waals surface area contributed by atoms with Crippen molar-refractivity contribution in [2.24, 2.45) is 0 Å². The molecule has 1 aromatic heterocycles. The molecule has 1 N–H and O–H groups in total. The van der Waals surface area contributed by atoms with E-state index in [0.717, 1.165) is 30.5 Å². The number of para-hydroxylation sites is 1. The monoisotopic (exact) mass is 352 g/mol. The molecular formula is C17H21ClN2O2S. The zero-order chi connectivity index (χ0) is 16.7. The Morgan fingerprint density at radius 2 is 2.13 bits per heavy atom. The molecule has 0 atom stereocenters.